The summed E-state index contributed by atoms with van der Waals surface area (Å²) in [4.78, 5) is 33.4. The molecule has 6 heteroatoms. The van der Waals surface area contributed by atoms with Crippen molar-refractivity contribution in [2.45, 2.75) is 44.7 Å². The van der Waals surface area contributed by atoms with Crippen molar-refractivity contribution in [1.82, 2.24) is 9.80 Å². The van der Waals surface area contributed by atoms with E-state index < -0.39 is 5.97 Å². The summed E-state index contributed by atoms with van der Waals surface area (Å²) in [6, 6.07) is 7.91. The van der Waals surface area contributed by atoms with E-state index in [0.717, 1.165) is 43.6 Å². The lowest BCUT2D eigenvalue weighted by atomic mass is 9.86. The largest absolute Gasteiger partial charge is 0.337 e. The Hall–Kier alpha value is -2.73. The van der Waals surface area contributed by atoms with E-state index in [0.29, 0.717) is 12.0 Å². The number of oxime groups is 1. The summed E-state index contributed by atoms with van der Waals surface area (Å²) in [5.41, 5.74) is 2.63. The van der Waals surface area contributed by atoms with Crippen molar-refractivity contribution in [1.29, 1.82) is 0 Å². The van der Waals surface area contributed by atoms with Crippen LogP contribution in [0, 0.1) is 0 Å². The average molecular weight is 396 g/mol. The molecule has 1 saturated carbocycles. The minimum absolute atomic E-state index is 0.00829. The highest BCUT2D eigenvalue weighted by Gasteiger charge is 2.37. The minimum atomic E-state index is -0.427. The van der Waals surface area contributed by atoms with E-state index >= 15 is 0 Å². The maximum atomic E-state index is 13.2. The van der Waals surface area contributed by atoms with Crippen LogP contribution in [0.15, 0.2) is 54.2 Å². The van der Waals surface area contributed by atoms with Gasteiger partial charge in [0.15, 0.2) is 0 Å². The van der Waals surface area contributed by atoms with Gasteiger partial charge in [0.2, 0.25) is 0 Å². The lowest BCUT2D eigenvalue weighted by Crippen LogP contribution is -2.54. The van der Waals surface area contributed by atoms with Crippen LogP contribution >= 0.6 is 0 Å². The highest BCUT2D eigenvalue weighted by atomic mass is 16.7. The Labute approximate surface area is 172 Å². The Balaban J connectivity index is 1.78. The highest BCUT2D eigenvalue weighted by molar-refractivity contribution is 5.95. The van der Waals surface area contributed by atoms with E-state index in [1.165, 1.54) is 6.92 Å². The summed E-state index contributed by atoms with van der Waals surface area (Å²) >= 11 is 0. The van der Waals surface area contributed by atoms with Crippen LogP contribution in [-0.4, -0.2) is 59.6 Å². The van der Waals surface area contributed by atoms with Gasteiger partial charge >= 0.3 is 5.97 Å². The lowest BCUT2D eigenvalue weighted by Gasteiger charge is -2.42. The Kier molecular flexibility index (Phi) is 6.99. The third-order valence-electron chi connectivity index (χ3n) is 5.64. The fourth-order valence-electron chi connectivity index (χ4n) is 4.09. The summed E-state index contributed by atoms with van der Waals surface area (Å²) in [6.07, 6.45) is 9.22. The van der Waals surface area contributed by atoms with E-state index in [-0.39, 0.29) is 18.0 Å². The number of carbonyl (C=O) groups is 2. The number of hydrogen-bond acceptors (Lipinski definition) is 5. The van der Waals surface area contributed by atoms with Gasteiger partial charge in [-0.15, -0.1) is 6.58 Å². The molecule has 2 unspecified atom stereocenters. The zero-order chi connectivity index (χ0) is 20.8. The summed E-state index contributed by atoms with van der Waals surface area (Å²) in [6.45, 7) is 6.89. The van der Waals surface area contributed by atoms with Crippen LogP contribution in [0.4, 0.5) is 0 Å². The van der Waals surface area contributed by atoms with Crippen molar-refractivity contribution in [3.63, 3.8) is 0 Å². The van der Waals surface area contributed by atoms with Gasteiger partial charge in [0.25, 0.3) is 5.91 Å². The third kappa shape index (κ3) is 5.21. The van der Waals surface area contributed by atoms with Gasteiger partial charge in [-0.3, -0.25) is 9.69 Å². The standard InChI is InChI=1S/C23H29N3O3/c1-4-7-18-8-10-19(11-9-18)23(28)25(3)22-16-20(24-29-17(2)27)12-13-21(22)26-14-5-6-15-26/h4-6,8-11,21-22H,1,7,12-16H2,2-3H3/b24-20-. The monoisotopic (exact) mass is 395 g/mol. The van der Waals surface area contributed by atoms with E-state index in [9.17, 15) is 9.59 Å². The van der Waals surface area contributed by atoms with Crippen molar-refractivity contribution < 1.29 is 14.4 Å². The molecular formula is C23H29N3O3. The molecule has 29 heavy (non-hydrogen) atoms. The molecule has 0 bridgehead atoms. The second kappa shape index (κ2) is 9.65. The first kappa shape index (κ1) is 21.0. The molecule has 0 radical (unpaired) electrons. The molecular weight excluding hydrogens is 366 g/mol. The van der Waals surface area contributed by atoms with Gasteiger partial charge < -0.3 is 9.74 Å². The maximum Gasteiger partial charge on any atom is 0.331 e. The van der Waals surface area contributed by atoms with Crippen LogP contribution in [0.2, 0.25) is 0 Å². The van der Waals surface area contributed by atoms with Gasteiger partial charge in [0.05, 0.1) is 11.8 Å². The first-order valence-electron chi connectivity index (χ1n) is 10.1. The number of allylic oxidation sites excluding steroid dienone is 1. The fraction of sp³-hybridized carbons (Fsp3) is 0.435. The molecule has 1 aromatic rings. The van der Waals surface area contributed by atoms with Crippen molar-refractivity contribution in [3.8, 4) is 0 Å². The molecule has 1 aliphatic carbocycles. The fourth-order valence-corrected chi connectivity index (χ4v) is 4.09. The van der Waals surface area contributed by atoms with Gasteiger partial charge in [-0.1, -0.05) is 35.5 Å². The Bertz CT molecular complexity index is 805. The topological polar surface area (TPSA) is 62.2 Å². The molecule has 3 rings (SSSR count). The van der Waals surface area contributed by atoms with Crippen molar-refractivity contribution >= 4 is 17.6 Å². The summed E-state index contributed by atoms with van der Waals surface area (Å²) < 4.78 is 0. The van der Waals surface area contributed by atoms with Crippen LogP contribution in [0.3, 0.4) is 0 Å². The number of benzene rings is 1. The first-order valence-corrected chi connectivity index (χ1v) is 10.1. The van der Waals surface area contributed by atoms with E-state index in [1.54, 1.807) is 0 Å². The molecule has 1 amide bonds. The zero-order valence-electron chi connectivity index (χ0n) is 17.2. The van der Waals surface area contributed by atoms with Crippen LogP contribution in [0.25, 0.3) is 0 Å². The summed E-state index contributed by atoms with van der Waals surface area (Å²) in [5, 5.41) is 4.03. The van der Waals surface area contributed by atoms with E-state index in [1.807, 2.05) is 42.3 Å². The molecule has 1 aromatic carbocycles. The second-order valence-corrected chi connectivity index (χ2v) is 7.65. The number of nitrogens with zero attached hydrogens (tertiary/aromatic N) is 3. The Morgan fingerprint density at radius 2 is 1.97 bits per heavy atom. The molecule has 2 atom stereocenters. The maximum absolute atomic E-state index is 13.2. The molecule has 0 N–H and O–H groups in total. The number of rotatable bonds is 6. The average Bonchev–Trinajstić information content (AvgIpc) is 3.26. The molecule has 6 nitrogen and oxygen atoms in total. The Morgan fingerprint density at radius 3 is 2.59 bits per heavy atom. The SMILES string of the molecule is C=CCc1ccc(C(=O)N(C)C2C/C(=N\OC(C)=O)CCC2N2CC=CC2)cc1. The predicted octanol–water partition coefficient (Wildman–Crippen LogP) is 3.20. The molecule has 1 aliphatic heterocycles. The van der Waals surface area contributed by atoms with Crippen LogP contribution in [-0.2, 0) is 16.1 Å². The molecule has 0 saturated heterocycles. The van der Waals surface area contributed by atoms with Gasteiger partial charge in [0, 0.05) is 45.1 Å². The number of carbonyl (C=O) groups excluding carboxylic acids is 2. The van der Waals surface area contributed by atoms with Crippen LogP contribution in [0.1, 0.15) is 42.1 Å². The second-order valence-electron chi connectivity index (χ2n) is 7.65. The van der Waals surface area contributed by atoms with E-state index in [2.05, 4.69) is 28.8 Å². The molecule has 154 valence electrons. The number of hydrogen-bond donors (Lipinski definition) is 0. The molecule has 2 aliphatic rings. The first-order chi connectivity index (χ1) is 14.0. The van der Waals surface area contributed by atoms with Gasteiger partial charge in [-0.05, 0) is 37.0 Å². The number of amides is 1. The predicted molar refractivity (Wildman–Crippen MR) is 114 cm³/mol. The zero-order valence-corrected chi connectivity index (χ0v) is 17.2. The molecule has 1 fully saturated rings. The quantitative estimate of drug-likeness (QED) is 0.422. The van der Waals surface area contributed by atoms with E-state index in [4.69, 9.17) is 4.84 Å². The number of likely N-dealkylation sites (N-methyl/N-ethyl adjacent to an activating group) is 1. The summed E-state index contributed by atoms with van der Waals surface area (Å²) in [5.74, 6) is -0.435. The Morgan fingerprint density at radius 1 is 1.28 bits per heavy atom. The van der Waals surface area contributed by atoms with Gasteiger partial charge in [-0.2, -0.15) is 0 Å². The molecule has 0 spiro atoms. The van der Waals surface area contributed by atoms with Crippen LogP contribution < -0.4 is 0 Å². The third-order valence-corrected chi connectivity index (χ3v) is 5.64. The minimum Gasteiger partial charge on any atom is -0.337 e. The van der Waals surface area contributed by atoms with Gasteiger partial charge in [0.1, 0.15) is 0 Å². The smallest absolute Gasteiger partial charge is 0.331 e. The van der Waals surface area contributed by atoms with Crippen molar-refractivity contribution in [3.05, 3.63) is 60.2 Å². The lowest BCUT2D eigenvalue weighted by molar-refractivity contribution is -0.141. The van der Waals surface area contributed by atoms with Crippen molar-refractivity contribution in [2.24, 2.45) is 5.16 Å². The molecule has 0 aromatic heterocycles. The van der Waals surface area contributed by atoms with Crippen molar-refractivity contribution in [2.75, 3.05) is 20.1 Å². The summed E-state index contributed by atoms with van der Waals surface area (Å²) in [7, 11) is 1.86. The highest BCUT2D eigenvalue weighted by Crippen LogP contribution is 2.28. The van der Waals surface area contributed by atoms with Crippen LogP contribution in [0.5, 0.6) is 0 Å². The normalized spacial score (nSPS) is 23.2. The molecule has 1 heterocycles. The van der Waals surface area contributed by atoms with Gasteiger partial charge in [-0.25, -0.2) is 4.79 Å².